The molecule has 92 valence electrons. The summed E-state index contributed by atoms with van der Waals surface area (Å²) in [6.07, 6.45) is -1.01. The predicted octanol–water partition coefficient (Wildman–Crippen LogP) is 2.24. The van der Waals surface area contributed by atoms with Gasteiger partial charge in [0.25, 0.3) is 6.47 Å². The van der Waals surface area contributed by atoms with Crippen molar-refractivity contribution < 1.29 is 19.1 Å². The minimum atomic E-state index is -1.01. The molecule has 1 rings (SSSR count). The second-order valence-corrected chi connectivity index (χ2v) is 4.56. The number of hydrogen-bond acceptors (Lipinski definition) is 4. The van der Waals surface area contributed by atoms with Crippen LogP contribution in [0.4, 0.5) is 0 Å². The fourth-order valence-electron chi connectivity index (χ4n) is 1.31. The van der Waals surface area contributed by atoms with E-state index >= 15 is 0 Å². The SMILES string of the molecule is CC(C)(C)OC(=O)C(OC=O)c1ccccc1. The van der Waals surface area contributed by atoms with Crippen molar-refractivity contribution >= 4 is 12.4 Å². The lowest BCUT2D eigenvalue weighted by molar-refractivity contribution is -0.171. The van der Waals surface area contributed by atoms with Crippen molar-refractivity contribution in [2.75, 3.05) is 0 Å². The van der Waals surface area contributed by atoms with E-state index in [0.29, 0.717) is 5.56 Å². The summed E-state index contributed by atoms with van der Waals surface area (Å²) < 4.78 is 9.96. The van der Waals surface area contributed by atoms with E-state index in [0.717, 1.165) is 0 Å². The molecule has 0 saturated carbocycles. The molecule has 1 unspecified atom stereocenters. The summed E-state index contributed by atoms with van der Waals surface area (Å²) in [6.45, 7) is 5.52. The highest BCUT2D eigenvalue weighted by Gasteiger charge is 2.27. The molecule has 4 heteroatoms. The first-order valence-electron chi connectivity index (χ1n) is 5.31. The van der Waals surface area contributed by atoms with Crippen LogP contribution in [-0.2, 0) is 19.1 Å². The predicted molar refractivity (Wildman–Crippen MR) is 62.2 cm³/mol. The summed E-state index contributed by atoms with van der Waals surface area (Å²) in [5.74, 6) is -0.573. The molecule has 0 saturated heterocycles. The number of ether oxygens (including phenoxy) is 2. The van der Waals surface area contributed by atoms with E-state index in [1.807, 2.05) is 6.07 Å². The summed E-state index contributed by atoms with van der Waals surface area (Å²) in [5.41, 5.74) is -0.0232. The Labute approximate surface area is 101 Å². The van der Waals surface area contributed by atoms with Crippen LogP contribution in [0.3, 0.4) is 0 Å². The highest BCUT2D eigenvalue weighted by Crippen LogP contribution is 2.21. The highest BCUT2D eigenvalue weighted by molar-refractivity contribution is 5.78. The number of carbonyl (C=O) groups excluding carboxylic acids is 2. The quantitative estimate of drug-likeness (QED) is 0.594. The molecule has 4 nitrogen and oxygen atoms in total. The Morgan fingerprint density at radius 1 is 1.24 bits per heavy atom. The lowest BCUT2D eigenvalue weighted by Gasteiger charge is -2.23. The van der Waals surface area contributed by atoms with Crippen molar-refractivity contribution in [1.82, 2.24) is 0 Å². The topological polar surface area (TPSA) is 52.6 Å². The molecule has 0 bridgehead atoms. The van der Waals surface area contributed by atoms with Crippen LogP contribution in [0.2, 0.25) is 0 Å². The monoisotopic (exact) mass is 236 g/mol. The average Bonchev–Trinajstić information content (AvgIpc) is 2.24. The van der Waals surface area contributed by atoms with Crippen LogP contribution in [0.1, 0.15) is 32.4 Å². The van der Waals surface area contributed by atoms with Gasteiger partial charge in [-0.15, -0.1) is 0 Å². The normalized spacial score (nSPS) is 12.6. The Morgan fingerprint density at radius 3 is 2.29 bits per heavy atom. The van der Waals surface area contributed by atoms with Crippen molar-refractivity contribution in [2.24, 2.45) is 0 Å². The van der Waals surface area contributed by atoms with Gasteiger partial charge in [-0.2, -0.15) is 0 Å². The molecule has 0 amide bonds. The van der Waals surface area contributed by atoms with Crippen LogP contribution in [0, 0.1) is 0 Å². The van der Waals surface area contributed by atoms with Gasteiger partial charge in [0.2, 0.25) is 6.10 Å². The van der Waals surface area contributed by atoms with Gasteiger partial charge in [0.1, 0.15) is 5.60 Å². The summed E-state index contributed by atoms with van der Waals surface area (Å²) in [5, 5.41) is 0. The van der Waals surface area contributed by atoms with Crippen LogP contribution < -0.4 is 0 Å². The fraction of sp³-hybridized carbons (Fsp3) is 0.385. The molecule has 0 N–H and O–H groups in total. The Morgan fingerprint density at radius 2 is 1.82 bits per heavy atom. The largest absolute Gasteiger partial charge is 0.457 e. The van der Waals surface area contributed by atoms with Crippen molar-refractivity contribution in [3.63, 3.8) is 0 Å². The summed E-state index contributed by atoms with van der Waals surface area (Å²) >= 11 is 0. The minimum Gasteiger partial charge on any atom is -0.457 e. The molecular formula is C13H16O4. The molecule has 0 spiro atoms. The van der Waals surface area contributed by atoms with Gasteiger partial charge >= 0.3 is 5.97 Å². The Hall–Kier alpha value is -1.84. The molecule has 1 aromatic carbocycles. The van der Waals surface area contributed by atoms with Gasteiger partial charge in [0, 0.05) is 5.56 Å². The maximum atomic E-state index is 11.8. The van der Waals surface area contributed by atoms with Crippen LogP contribution >= 0.6 is 0 Å². The molecule has 17 heavy (non-hydrogen) atoms. The Kier molecular flexibility index (Phi) is 4.26. The van der Waals surface area contributed by atoms with Gasteiger partial charge in [0.15, 0.2) is 0 Å². The zero-order valence-corrected chi connectivity index (χ0v) is 10.2. The van der Waals surface area contributed by atoms with E-state index in [1.165, 1.54) is 0 Å². The maximum absolute atomic E-state index is 11.8. The Bertz CT molecular complexity index is 378. The van der Waals surface area contributed by atoms with Crippen molar-refractivity contribution in [3.05, 3.63) is 35.9 Å². The Balaban J connectivity index is 2.87. The van der Waals surface area contributed by atoms with Crippen molar-refractivity contribution in [3.8, 4) is 0 Å². The second-order valence-electron chi connectivity index (χ2n) is 4.56. The maximum Gasteiger partial charge on any atom is 0.352 e. The van der Waals surface area contributed by atoms with E-state index in [2.05, 4.69) is 0 Å². The van der Waals surface area contributed by atoms with Gasteiger partial charge in [-0.25, -0.2) is 4.79 Å². The lowest BCUT2D eigenvalue weighted by atomic mass is 10.1. The smallest absolute Gasteiger partial charge is 0.352 e. The first-order valence-corrected chi connectivity index (χ1v) is 5.31. The van der Waals surface area contributed by atoms with Crippen molar-refractivity contribution in [2.45, 2.75) is 32.5 Å². The zero-order chi connectivity index (χ0) is 12.9. The van der Waals surface area contributed by atoms with E-state index < -0.39 is 17.7 Å². The van der Waals surface area contributed by atoms with Gasteiger partial charge in [-0.3, -0.25) is 4.79 Å². The third-order valence-electron chi connectivity index (χ3n) is 1.91. The number of benzene rings is 1. The number of esters is 1. The molecule has 0 aromatic heterocycles. The van der Waals surface area contributed by atoms with Crippen LogP contribution in [0.25, 0.3) is 0 Å². The molecule has 0 aliphatic carbocycles. The second kappa shape index (κ2) is 5.48. The summed E-state index contributed by atoms with van der Waals surface area (Å²) in [7, 11) is 0. The first-order chi connectivity index (χ1) is 7.94. The molecule has 1 atom stereocenters. The number of carbonyl (C=O) groups is 2. The molecule has 0 aliphatic heterocycles. The number of rotatable bonds is 4. The van der Waals surface area contributed by atoms with Crippen LogP contribution in [0.5, 0.6) is 0 Å². The van der Waals surface area contributed by atoms with E-state index in [9.17, 15) is 9.59 Å². The third-order valence-corrected chi connectivity index (χ3v) is 1.91. The lowest BCUT2D eigenvalue weighted by Crippen LogP contribution is -2.28. The van der Waals surface area contributed by atoms with E-state index in [4.69, 9.17) is 9.47 Å². The molecule has 0 fully saturated rings. The highest BCUT2D eigenvalue weighted by atomic mass is 16.6. The standard InChI is InChI=1S/C13H16O4/c1-13(2,3)17-12(15)11(16-9-14)10-7-5-4-6-8-10/h4-9,11H,1-3H3. The molecule has 0 aliphatic rings. The third kappa shape index (κ3) is 4.26. The van der Waals surface area contributed by atoms with Gasteiger partial charge in [-0.1, -0.05) is 30.3 Å². The zero-order valence-electron chi connectivity index (χ0n) is 10.2. The van der Waals surface area contributed by atoms with Gasteiger partial charge in [0.05, 0.1) is 0 Å². The molecule has 0 radical (unpaired) electrons. The van der Waals surface area contributed by atoms with Gasteiger partial charge in [-0.05, 0) is 20.8 Å². The van der Waals surface area contributed by atoms with Gasteiger partial charge < -0.3 is 9.47 Å². The van der Waals surface area contributed by atoms with Crippen molar-refractivity contribution in [1.29, 1.82) is 0 Å². The number of hydrogen-bond donors (Lipinski definition) is 0. The minimum absolute atomic E-state index is 0.252. The van der Waals surface area contributed by atoms with E-state index in [1.54, 1.807) is 45.0 Å². The molecule has 1 aromatic rings. The summed E-state index contributed by atoms with van der Waals surface area (Å²) in [4.78, 5) is 22.3. The molecule has 0 heterocycles. The summed E-state index contributed by atoms with van der Waals surface area (Å²) in [6, 6.07) is 8.76. The van der Waals surface area contributed by atoms with Crippen LogP contribution in [0.15, 0.2) is 30.3 Å². The average molecular weight is 236 g/mol. The van der Waals surface area contributed by atoms with E-state index in [-0.39, 0.29) is 6.47 Å². The fourth-order valence-corrected chi connectivity index (χ4v) is 1.31. The first kappa shape index (κ1) is 13.2. The van der Waals surface area contributed by atoms with Crippen LogP contribution in [-0.4, -0.2) is 18.0 Å². The molecular weight excluding hydrogens is 220 g/mol.